The van der Waals surface area contributed by atoms with Gasteiger partial charge in [-0.15, -0.1) is 0 Å². The number of ether oxygens (including phenoxy) is 3. The van der Waals surface area contributed by atoms with Gasteiger partial charge in [-0.2, -0.15) is 0 Å². The van der Waals surface area contributed by atoms with Crippen LogP contribution in [0.2, 0.25) is 0 Å². The van der Waals surface area contributed by atoms with Gasteiger partial charge in [0.05, 0.1) is 0 Å². The van der Waals surface area contributed by atoms with Crippen LogP contribution in [-0.2, 0) is 19.0 Å². The molecule has 4 heteroatoms. The third kappa shape index (κ3) is 3.35. The smallest absolute Gasteiger partial charge is 0.302 e. The minimum atomic E-state index is -0.452. The quantitative estimate of drug-likeness (QED) is 0.811. The highest BCUT2D eigenvalue weighted by molar-refractivity contribution is 5.65. The largest absolute Gasteiger partial charge is 0.463 e. The maximum absolute atomic E-state index is 11.1. The summed E-state index contributed by atoms with van der Waals surface area (Å²) in [6, 6.07) is 19.6. The molecular weight excluding hydrogens is 280 g/mol. The maximum atomic E-state index is 11.1. The highest BCUT2D eigenvalue weighted by Crippen LogP contribution is 2.39. The van der Waals surface area contributed by atoms with Crippen molar-refractivity contribution in [3.63, 3.8) is 0 Å². The molecule has 0 spiro atoms. The van der Waals surface area contributed by atoms with E-state index < -0.39 is 6.29 Å². The van der Waals surface area contributed by atoms with E-state index in [1.807, 2.05) is 60.7 Å². The van der Waals surface area contributed by atoms with Gasteiger partial charge in [-0.25, -0.2) is 0 Å². The van der Waals surface area contributed by atoms with Crippen molar-refractivity contribution in [3.8, 4) is 0 Å². The predicted molar refractivity (Wildman–Crippen MR) is 81.0 cm³/mol. The topological polar surface area (TPSA) is 44.8 Å². The number of carbonyl (C=O) groups excluding carboxylic acids is 1. The summed E-state index contributed by atoms with van der Waals surface area (Å²) in [5, 5.41) is 0. The van der Waals surface area contributed by atoms with Crippen molar-refractivity contribution in [2.24, 2.45) is 0 Å². The van der Waals surface area contributed by atoms with E-state index in [4.69, 9.17) is 14.2 Å². The zero-order chi connectivity index (χ0) is 15.4. The Morgan fingerprint density at radius 1 is 0.955 bits per heavy atom. The lowest BCUT2D eigenvalue weighted by Gasteiger charge is -2.16. The summed E-state index contributed by atoms with van der Waals surface area (Å²) in [4.78, 5) is 11.1. The van der Waals surface area contributed by atoms with E-state index in [2.05, 4.69) is 0 Å². The molecule has 1 saturated heterocycles. The van der Waals surface area contributed by atoms with Gasteiger partial charge in [0.25, 0.3) is 0 Å². The lowest BCUT2D eigenvalue weighted by molar-refractivity contribution is -0.145. The van der Waals surface area contributed by atoms with E-state index in [1.54, 1.807) is 0 Å². The molecule has 1 heterocycles. The molecule has 3 unspecified atom stereocenters. The van der Waals surface area contributed by atoms with Crippen LogP contribution in [0.4, 0.5) is 0 Å². The van der Waals surface area contributed by atoms with Crippen molar-refractivity contribution in [1.29, 1.82) is 0 Å². The van der Waals surface area contributed by atoms with Gasteiger partial charge in [0.15, 0.2) is 6.29 Å². The molecule has 4 nitrogen and oxygen atoms in total. The molecule has 114 valence electrons. The molecule has 0 amide bonds. The molecule has 3 atom stereocenters. The van der Waals surface area contributed by atoms with Crippen LogP contribution in [-0.4, -0.2) is 18.7 Å². The monoisotopic (exact) mass is 298 g/mol. The molecule has 0 N–H and O–H groups in total. The fraction of sp³-hybridized carbons (Fsp3) is 0.278. The summed E-state index contributed by atoms with van der Waals surface area (Å²) >= 11 is 0. The Hall–Kier alpha value is -2.17. The lowest BCUT2D eigenvalue weighted by Crippen LogP contribution is -2.23. The van der Waals surface area contributed by atoms with Crippen molar-refractivity contribution in [2.75, 3.05) is 6.61 Å². The Bertz CT molecular complexity index is 611. The van der Waals surface area contributed by atoms with Gasteiger partial charge in [0.2, 0.25) is 0 Å². The Kier molecular flexibility index (Phi) is 4.51. The van der Waals surface area contributed by atoms with Gasteiger partial charge >= 0.3 is 5.97 Å². The number of esters is 1. The zero-order valence-corrected chi connectivity index (χ0v) is 12.3. The number of benzene rings is 2. The Morgan fingerprint density at radius 3 is 2.14 bits per heavy atom. The number of rotatable bonds is 4. The van der Waals surface area contributed by atoms with Crippen molar-refractivity contribution in [2.45, 2.75) is 25.4 Å². The van der Waals surface area contributed by atoms with Crippen molar-refractivity contribution in [3.05, 3.63) is 71.8 Å². The molecule has 1 aliphatic heterocycles. The molecule has 0 aliphatic carbocycles. The average molecular weight is 298 g/mol. The summed E-state index contributed by atoms with van der Waals surface area (Å²) in [6.45, 7) is 1.57. The molecule has 2 aromatic carbocycles. The SMILES string of the molecule is CC(=O)OCC1OC(c2ccccc2)OC1c1ccccc1. The van der Waals surface area contributed by atoms with Gasteiger partial charge in [-0.05, 0) is 5.56 Å². The Balaban J connectivity index is 1.80. The van der Waals surface area contributed by atoms with Gasteiger partial charge < -0.3 is 14.2 Å². The Labute approximate surface area is 129 Å². The van der Waals surface area contributed by atoms with Crippen LogP contribution in [0.5, 0.6) is 0 Å². The molecule has 0 aromatic heterocycles. The van der Waals surface area contributed by atoms with Crippen LogP contribution in [0.3, 0.4) is 0 Å². The van der Waals surface area contributed by atoms with E-state index >= 15 is 0 Å². The standard InChI is InChI=1S/C18H18O4/c1-13(19)20-12-16-17(14-8-4-2-5-9-14)22-18(21-16)15-10-6-3-7-11-15/h2-11,16-18H,12H2,1H3. The second-order valence-corrected chi connectivity index (χ2v) is 5.19. The molecule has 0 bridgehead atoms. The molecular formula is C18H18O4. The molecule has 3 rings (SSSR count). The van der Waals surface area contributed by atoms with E-state index in [-0.39, 0.29) is 24.8 Å². The van der Waals surface area contributed by atoms with Crippen LogP contribution >= 0.6 is 0 Å². The van der Waals surface area contributed by atoms with Crippen LogP contribution in [0.15, 0.2) is 60.7 Å². The second-order valence-electron chi connectivity index (χ2n) is 5.19. The third-order valence-electron chi connectivity index (χ3n) is 3.56. The minimum Gasteiger partial charge on any atom is -0.463 e. The molecule has 22 heavy (non-hydrogen) atoms. The summed E-state index contributed by atoms with van der Waals surface area (Å²) in [6.07, 6.45) is -1.03. The number of hydrogen-bond donors (Lipinski definition) is 0. The van der Waals surface area contributed by atoms with E-state index in [9.17, 15) is 4.79 Å². The summed E-state index contributed by atoms with van der Waals surface area (Å²) in [7, 11) is 0. The first-order valence-electron chi connectivity index (χ1n) is 7.28. The molecule has 2 aromatic rings. The van der Waals surface area contributed by atoms with Crippen LogP contribution in [0.25, 0.3) is 0 Å². The van der Waals surface area contributed by atoms with Crippen LogP contribution < -0.4 is 0 Å². The molecule has 0 radical (unpaired) electrons. The summed E-state index contributed by atoms with van der Waals surface area (Å²) in [5.74, 6) is -0.321. The Morgan fingerprint density at radius 2 is 1.55 bits per heavy atom. The third-order valence-corrected chi connectivity index (χ3v) is 3.56. The van der Waals surface area contributed by atoms with Crippen LogP contribution in [0, 0.1) is 0 Å². The number of hydrogen-bond acceptors (Lipinski definition) is 4. The van der Waals surface area contributed by atoms with Crippen molar-refractivity contribution < 1.29 is 19.0 Å². The van der Waals surface area contributed by atoms with Crippen molar-refractivity contribution in [1.82, 2.24) is 0 Å². The van der Waals surface area contributed by atoms with E-state index in [0.29, 0.717) is 0 Å². The lowest BCUT2D eigenvalue weighted by atomic mass is 10.1. The van der Waals surface area contributed by atoms with Gasteiger partial charge in [0, 0.05) is 12.5 Å². The highest BCUT2D eigenvalue weighted by atomic mass is 16.7. The van der Waals surface area contributed by atoms with E-state index in [0.717, 1.165) is 11.1 Å². The summed E-state index contributed by atoms with van der Waals surface area (Å²) < 4.78 is 17.1. The number of carbonyl (C=O) groups is 1. The summed E-state index contributed by atoms with van der Waals surface area (Å²) in [5.41, 5.74) is 1.96. The molecule has 1 fully saturated rings. The first kappa shape index (κ1) is 14.8. The highest BCUT2D eigenvalue weighted by Gasteiger charge is 2.38. The van der Waals surface area contributed by atoms with Gasteiger partial charge in [-0.1, -0.05) is 60.7 Å². The first-order chi connectivity index (χ1) is 10.7. The van der Waals surface area contributed by atoms with Crippen molar-refractivity contribution >= 4 is 5.97 Å². The zero-order valence-electron chi connectivity index (χ0n) is 12.3. The van der Waals surface area contributed by atoms with Crippen LogP contribution in [0.1, 0.15) is 30.4 Å². The predicted octanol–water partition coefficient (Wildman–Crippen LogP) is 3.41. The maximum Gasteiger partial charge on any atom is 0.302 e. The normalized spacial score (nSPS) is 24.1. The minimum absolute atomic E-state index is 0.179. The van der Waals surface area contributed by atoms with Gasteiger partial charge in [0.1, 0.15) is 18.8 Å². The second kappa shape index (κ2) is 6.73. The van der Waals surface area contributed by atoms with Gasteiger partial charge in [-0.3, -0.25) is 4.79 Å². The fourth-order valence-electron chi connectivity index (χ4n) is 2.51. The fourth-order valence-corrected chi connectivity index (χ4v) is 2.51. The first-order valence-corrected chi connectivity index (χ1v) is 7.28. The molecule has 0 saturated carbocycles. The van der Waals surface area contributed by atoms with E-state index in [1.165, 1.54) is 6.92 Å². The molecule has 1 aliphatic rings. The average Bonchev–Trinajstić information content (AvgIpc) is 2.99.